The molecule has 0 radical (unpaired) electrons. The molecule has 8 heteroatoms. The number of halogens is 2. The second kappa shape index (κ2) is 11.0. The summed E-state index contributed by atoms with van der Waals surface area (Å²) in [5.74, 6) is -0.0113. The number of nitroso groups, excluding NO2 is 1. The molecule has 1 saturated heterocycles. The van der Waals surface area contributed by atoms with Gasteiger partial charge in [-0.25, -0.2) is 0 Å². The van der Waals surface area contributed by atoms with Crippen LogP contribution in [0.3, 0.4) is 0 Å². The Labute approximate surface area is 192 Å². The SMILES string of the molecule is CCCC1CCN(Cc2c(Cl)cc(Cl)c(=O)n2CCc2ccc(C(=O)N=O)cc2)CC1. The quantitative estimate of drug-likeness (QED) is 0.496. The molecule has 1 fully saturated rings. The Kier molecular flexibility index (Phi) is 8.41. The highest BCUT2D eigenvalue weighted by atomic mass is 35.5. The number of pyridine rings is 1. The monoisotopic (exact) mass is 463 g/mol. The Morgan fingerprint density at radius 3 is 2.42 bits per heavy atom. The summed E-state index contributed by atoms with van der Waals surface area (Å²) in [6.45, 7) is 5.25. The van der Waals surface area contributed by atoms with Crippen molar-refractivity contribution in [2.45, 2.75) is 52.1 Å². The third kappa shape index (κ3) is 6.03. The van der Waals surface area contributed by atoms with E-state index in [1.807, 2.05) is 0 Å². The molecule has 31 heavy (non-hydrogen) atoms. The molecule has 1 amide bonds. The Morgan fingerprint density at radius 2 is 1.81 bits per heavy atom. The van der Waals surface area contributed by atoms with Gasteiger partial charge in [0, 0.05) is 23.8 Å². The molecule has 166 valence electrons. The number of aryl methyl sites for hydroxylation is 1. The number of amides is 1. The van der Waals surface area contributed by atoms with Crippen LogP contribution in [0.15, 0.2) is 40.3 Å². The van der Waals surface area contributed by atoms with Crippen LogP contribution in [0.1, 0.15) is 54.2 Å². The topological polar surface area (TPSA) is 71.7 Å². The number of likely N-dealkylation sites (tertiary alicyclic amines) is 1. The van der Waals surface area contributed by atoms with E-state index in [9.17, 15) is 14.5 Å². The molecule has 2 aromatic rings. The number of aromatic nitrogens is 1. The summed E-state index contributed by atoms with van der Waals surface area (Å²) >= 11 is 12.6. The molecule has 6 nitrogen and oxygen atoms in total. The van der Waals surface area contributed by atoms with Crippen LogP contribution in [-0.2, 0) is 19.5 Å². The fourth-order valence-corrected chi connectivity index (χ4v) is 4.73. The highest BCUT2D eigenvalue weighted by Crippen LogP contribution is 2.25. The minimum atomic E-state index is -0.797. The molecule has 3 rings (SSSR count). The van der Waals surface area contributed by atoms with Gasteiger partial charge in [0.1, 0.15) is 5.02 Å². The molecule has 0 aliphatic carbocycles. The molecule has 1 aromatic heterocycles. The van der Waals surface area contributed by atoms with Crippen molar-refractivity contribution in [3.05, 3.63) is 72.5 Å². The Morgan fingerprint density at radius 1 is 1.13 bits per heavy atom. The lowest BCUT2D eigenvalue weighted by Crippen LogP contribution is -2.36. The van der Waals surface area contributed by atoms with E-state index in [1.165, 1.54) is 31.7 Å². The fraction of sp³-hybridized carbons (Fsp3) is 0.478. The van der Waals surface area contributed by atoms with Crippen molar-refractivity contribution in [3.63, 3.8) is 0 Å². The maximum absolute atomic E-state index is 12.8. The maximum Gasteiger partial charge on any atom is 0.316 e. The predicted molar refractivity (Wildman–Crippen MR) is 124 cm³/mol. The van der Waals surface area contributed by atoms with Crippen molar-refractivity contribution in [1.29, 1.82) is 0 Å². The van der Waals surface area contributed by atoms with Crippen molar-refractivity contribution < 1.29 is 4.79 Å². The van der Waals surface area contributed by atoms with E-state index in [2.05, 4.69) is 17.0 Å². The van der Waals surface area contributed by atoms with Crippen molar-refractivity contribution in [1.82, 2.24) is 9.47 Å². The second-order valence-corrected chi connectivity index (χ2v) is 8.91. The van der Waals surface area contributed by atoms with E-state index < -0.39 is 5.91 Å². The number of hydrogen-bond acceptors (Lipinski definition) is 4. The number of rotatable bonds is 8. The van der Waals surface area contributed by atoms with Gasteiger partial charge in [-0.05, 0) is 62.0 Å². The lowest BCUT2D eigenvalue weighted by Gasteiger charge is -2.32. The first-order valence-corrected chi connectivity index (χ1v) is 11.4. The Bertz CT molecular complexity index is 981. The smallest absolute Gasteiger partial charge is 0.308 e. The standard InChI is InChI=1S/C23H27Cl2N3O3/c1-2-3-16-8-11-27(12-9-16)15-21-19(24)14-20(25)23(30)28(21)13-10-17-4-6-18(7-5-17)22(29)26-31/h4-7,14,16H,2-3,8-13,15H2,1H3. The average Bonchev–Trinajstić information content (AvgIpc) is 2.78. The third-order valence-electron chi connectivity index (χ3n) is 5.99. The van der Waals surface area contributed by atoms with Crippen molar-refractivity contribution in [2.75, 3.05) is 13.1 Å². The van der Waals surface area contributed by atoms with Crippen LogP contribution in [0.4, 0.5) is 0 Å². The predicted octanol–water partition coefficient (Wildman–Crippen LogP) is 5.32. The van der Waals surface area contributed by atoms with Gasteiger partial charge < -0.3 is 4.57 Å². The molecule has 0 bridgehead atoms. The fourth-order valence-electron chi connectivity index (χ4n) is 4.19. The average molecular weight is 464 g/mol. The zero-order chi connectivity index (χ0) is 22.4. The van der Waals surface area contributed by atoms with Crippen LogP contribution in [0, 0.1) is 10.8 Å². The van der Waals surface area contributed by atoms with Crippen LogP contribution in [0.2, 0.25) is 10.0 Å². The third-order valence-corrected chi connectivity index (χ3v) is 6.59. The highest BCUT2D eigenvalue weighted by molar-refractivity contribution is 6.34. The number of piperidine rings is 1. The Balaban J connectivity index is 1.74. The molecule has 1 aliphatic heterocycles. The molecular weight excluding hydrogens is 437 g/mol. The summed E-state index contributed by atoms with van der Waals surface area (Å²) in [6.07, 6.45) is 5.39. The van der Waals surface area contributed by atoms with Gasteiger partial charge in [-0.15, -0.1) is 4.91 Å². The number of nitrogens with zero attached hydrogens (tertiary/aromatic N) is 3. The normalized spacial score (nSPS) is 15.2. The first-order valence-electron chi connectivity index (χ1n) is 10.7. The minimum absolute atomic E-state index is 0.105. The van der Waals surface area contributed by atoms with Crippen LogP contribution in [0.25, 0.3) is 0 Å². The first-order chi connectivity index (χ1) is 14.9. The van der Waals surface area contributed by atoms with Gasteiger partial charge in [0.2, 0.25) is 0 Å². The summed E-state index contributed by atoms with van der Waals surface area (Å²) < 4.78 is 1.66. The van der Waals surface area contributed by atoms with Gasteiger partial charge in [0.05, 0.1) is 10.7 Å². The van der Waals surface area contributed by atoms with E-state index in [-0.39, 0.29) is 16.1 Å². The summed E-state index contributed by atoms with van der Waals surface area (Å²) in [7, 11) is 0. The minimum Gasteiger partial charge on any atom is -0.308 e. The second-order valence-electron chi connectivity index (χ2n) is 8.10. The molecular formula is C23H27Cl2N3O3. The van der Waals surface area contributed by atoms with Gasteiger partial charge in [-0.1, -0.05) is 55.1 Å². The number of hydrogen-bond donors (Lipinski definition) is 0. The molecule has 2 heterocycles. The van der Waals surface area contributed by atoms with Crippen molar-refractivity contribution >= 4 is 29.1 Å². The van der Waals surface area contributed by atoms with Gasteiger partial charge in [-0.3, -0.25) is 14.5 Å². The summed E-state index contributed by atoms with van der Waals surface area (Å²) in [4.78, 5) is 36.9. The maximum atomic E-state index is 12.8. The molecule has 1 aliphatic rings. The van der Waals surface area contributed by atoms with Gasteiger partial charge >= 0.3 is 5.91 Å². The molecule has 0 spiro atoms. The van der Waals surface area contributed by atoms with Crippen molar-refractivity contribution in [3.8, 4) is 0 Å². The molecule has 0 atom stereocenters. The zero-order valence-corrected chi connectivity index (χ0v) is 19.2. The molecule has 1 aromatic carbocycles. The van der Waals surface area contributed by atoms with Gasteiger partial charge in [-0.2, -0.15) is 0 Å². The zero-order valence-electron chi connectivity index (χ0n) is 17.7. The lowest BCUT2D eigenvalue weighted by molar-refractivity contribution is 0.100. The number of benzene rings is 1. The van der Waals surface area contributed by atoms with E-state index in [4.69, 9.17) is 23.2 Å². The van der Waals surface area contributed by atoms with Crippen molar-refractivity contribution in [2.24, 2.45) is 11.1 Å². The van der Waals surface area contributed by atoms with Gasteiger partial charge in [0.15, 0.2) is 0 Å². The summed E-state index contributed by atoms with van der Waals surface area (Å²) in [5, 5.41) is 3.03. The highest BCUT2D eigenvalue weighted by Gasteiger charge is 2.21. The number of carbonyl (C=O) groups is 1. The first kappa shape index (κ1) is 23.6. The number of carbonyl (C=O) groups excluding carboxylic acids is 1. The largest absolute Gasteiger partial charge is 0.316 e. The van der Waals surface area contributed by atoms with Crippen LogP contribution < -0.4 is 5.56 Å². The van der Waals surface area contributed by atoms with Crippen LogP contribution in [0.5, 0.6) is 0 Å². The Hall–Kier alpha value is -2.02. The van der Waals surface area contributed by atoms with E-state index in [0.29, 0.717) is 24.5 Å². The molecule has 0 N–H and O–H groups in total. The van der Waals surface area contributed by atoms with E-state index in [1.54, 1.807) is 28.8 Å². The molecule has 0 unspecified atom stereocenters. The van der Waals surface area contributed by atoms with E-state index in [0.717, 1.165) is 30.3 Å². The van der Waals surface area contributed by atoms with Gasteiger partial charge in [0.25, 0.3) is 5.56 Å². The lowest BCUT2D eigenvalue weighted by atomic mass is 9.92. The summed E-state index contributed by atoms with van der Waals surface area (Å²) in [5.41, 5.74) is 1.70. The summed E-state index contributed by atoms with van der Waals surface area (Å²) in [6, 6.07) is 8.18. The van der Waals surface area contributed by atoms with Crippen LogP contribution >= 0.6 is 23.2 Å². The van der Waals surface area contributed by atoms with E-state index >= 15 is 0 Å². The molecule has 0 saturated carbocycles. The van der Waals surface area contributed by atoms with Crippen LogP contribution in [-0.4, -0.2) is 28.5 Å².